The molecule has 0 heterocycles. The van der Waals surface area contributed by atoms with Gasteiger partial charge in [0.05, 0.1) is 6.42 Å². The van der Waals surface area contributed by atoms with Crippen LogP contribution in [0.5, 0.6) is 0 Å². The number of hydrogen-bond donors (Lipinski definition) is 1. The predicted molar refractivity (Wildman–Crippen MR) is 57.4 cm³/mol. The van der Waals surface area contributed by atoms with Crippen LogP contribution >= 0.6 is 0 Å². The summed E-state index contributed by atoms with van der Waals surface area (Å²) in [6.45, 7) is 5.13. The number of Topliss-reactive ketones (excluding diaryl/α,β-unsaturated/α-hetero) is 2. The number of amides is 1. The van der Waals surface area contributed by atoms with Gasteiger partial charge < -0.3 is 5.32 Å². The fraction of sp³-hybridized carbons (Fsp3) is 0.727. The minimum Gasteiger partial charge on any atom is -0.353 e. The topological polar surface area (TPSA) is 63.2 Å². The van der Waals surface area contributed by atoms with Crippen molar-refractivity contribution >= 4 is 17.5 Å². The van der Waals surface area contributed by atoms with Crippen molar-refractivity contribution in [3.63, 3.8) is 0 Å². The molecule has 1 N–H and O–H groups in total. The van der Waals surface area contributed by atoms with E-state index in [4.69, 9.17) is 0 Å². The summed E-state index contributed by atoms with van der Waals surface area (Å²) in [5.74, 6) is -0.310. The van der Waals surface area contributed by atoms with Crippen molar-refractivity contribution in [2.75, 3.05) is 0 Å². The van der Waals surface area contributed by atoms with Gasteiger partial charge in [0, 0.05) is 18.9 Å². The maximum Gasteiger partial charge on any atom is 0.227 e. The first kappa shape index (κ1) is 13.8. The molecule has 15 heavy (non-hydrogen) atoms. The quantitative estimate of drug-likeness (QED) is 0.647. The first-order chi connectivity index (χ1) is 6.95. The molecule has 0 radical (unpaired) electrons. The summed E-state index contributed by atoms with van der Waals surface area (Å²) in [6, 6.07) is -0.190. The summed E-state index contributed by atoms with van der Waals surface area (Å²) in [7, 11) is 0. The molecule has 4 heteroatoms. The van der Waals surface area contributed by atoms with Crippen molar-refractivity contribution in [1.29, 1.82) is 0 Å². The van der Waals surface area contributed by atoms with Crippen molar-refractivity contribution < 1.29 is 14.4 Å². The summed E-state index contributed by atoms with van der Waals surface area (Å²) in [5.41, 5.74) is 0. The van der Waals surface area contributed by atoms with E-state index in [1.165, 1.54) is 6.92 Å². The van der Waals surface area contributed by atoms with Crippen LogP contribution in [0.2, 0.25) is 0 Å². The van der Waals surface area contributed by atoms with Crippen LogP contribution in [0, 0.1) is 0 Å². The van der Waals surface area contributed by atoms with Gasteiger partial charge in [0.25, 0.3) is 0 Å². The molecule has 0 aromatic heterocycles. The third-order valence-electron chi connectivity index (χ3n) is 1.89. The molecule has 0 rings (SSSR count). The van der Waals surface area contributed by atoms with Crippen LogP contribution < -0.4 is 5.32 Å². The fourth-order valence-electron chi connectivity index (χ4n) is 1.35. The monoisotopic (exact) mass is 213 g/mol. The SMILES string of the molecule is CCCC(=O)CC(=O)NC(C)CC(C)=O. The third-order valence-corrected chi connectivity index (χ3v) is 1.89. The number of carbonyl (C=O) groups is 3. The Morgan fingerprint density at radius 2 is 1.87 bits per heavy atom. The number of hydrogen-bond acceptors (Lipinski definition) is 3. The molecule has 0 saturated carbocycles. The molecule has 1 amide bonds. The lowest BCUT2D eigenvalue weighted by molar-refractivity contribution is -0.128. The largest absolute Gasteiger partial charge is 0.353 e. The lowest BCUT2D eigenvalue weighted by atomic mass is 10.1. The molecule has 0 aliphatic heterocycles. The van der Waals surface area contributed by atoms with Gasteiger partial charge in [0.15, 0.2) is 0 Å². The molecule has 0 saturated heterocycles. The molecule has 0 spiro atoms. The average Bonchev–Trinajstić information content (AvgIpc) is 2.00. The number of nitrogens with one attached hydrogen (secondary N) is 1. The van der Waals surface area contributed by atoms with Crippen LogP contribution in [0.15, 0.2) is 0 Å². The number of carbonyl (C=O) groups excluding carboxylic acids is 3. The number of rotatable bonds is 7. The van der Waals surface area contributed by atoms with Crippen molar-refractivity contribution in [2.45, 2.75) is 52.5 Å². The van der Waals surface area contributed by atoms with E-state index in [0.717, 1.165) is 6.42 Å². The van der Waals surface area contributed by atoms with E-state index in [0.29, 0.717) is 12.8 Å². The standard InChI is InChI=1S/C11H19NO3/c1-4-5-10(14)7-11(15)12-8(2)6-9(3)13/h8H,4-7H2,1-3H3,(H,12,15). The van der Waals surface area contributed by atoms with Crippen LogP contribution in [0.4, 0.5) is 0 Å². The van der Waals surface area contributed by atoms with E-state index >= 15 is 0 Å². The molecule has 0 aliphatic carbocycles. The molecule has 86 valence electrons. The minimum atomic E-state index is -0.290. The maximum absolute atomic E-state index is 11.3. The van der Waals surface area contributed by atoms with Crippen molar-refractivity contribution in [1.82, 2.24) is 5.32 Å². The maximum atomic E-state index is 11.3. The Labute approximate surface area is 90.4 Å². The molecule has 1 unspecified atom stereocenters. The summed E-state index contributed by atoms with van der Waals surface area (Å²) in [6.07, 6.45) is 1.44. The zero-order valence-electron chi connectivity index (χ0n) is 9.63. The molecule has 0 bridgehead atoms. The van der Waals surface area contributed by atoms with Crippen LogP contribution in [-0.2, 0) is 14.4 Å². The highest BCUT2D eigenvalue weighted by atomic mass is 16.2. The van der Waals surface area contributed by atoms with E-state index in [2.05, 4.69) is 5.32 Å². The Morgan fingerprint density at radius 3 is 2.33 bits per heavy atom. The van der Waals surface area contributed by atoms with E-state index < -0.39 is 0 Å². The first-order valence-electron chi connectivity index (χ1n) is 5.26. The van der Waals surface area contributed by atoms with Gasteiger partial charge in [-0.2, -0.15) is 0 Å². The highest BCUT2D eigenvalue weighted by Crippen LogP contribution is 1.97. The molecular weight excluding hydrogens is 194 g/mol. The van der Waals surface area contributed by atoms with Gasteiger partial charge in [0.2, 0.25) is 5.91 Å². The molecular formula is C11H19NO3. The van der Waals surface area contributed by atoms with Crippen LogP contribution in [0.25, 0.3) is 0 Å². The van der Waals surface area contributed by atoms with Crippen LogP contribution in [0.1, 0.15) is 46.5 Å². The highest BCUT2D eigenvalue weighted by molar-refractivity contribution is 5.98. The predicted octanol–water partition coefficient (Wildman–Crippen LogP) is 1.23. The van der Waals surface area contributed by atoms with Gasteiger partial charge in [-0.25, -0.2) is 0 Å². The smallest absolute Gasteiger partial charge is 0.227 e. The number of ketones is 2. The lowest BCUT2D eigenvalue weighted by Crippen LogP contribution is -2.34. The first-order valence-corrected chi connectivity index (χ1v) is 5.26. The van der Waals surface area contributed by atoms with Crippen LogP contribution in [0.3, 0.4) is 0 Å². The van der Waals surface area contributed by atoms with Gasteiger partial charge in [-0.15, -0.1) is 0 Å². The average molecular weight is 213 g/mol. The van der Waals surface area contributed by atoms with Gasteiger partial charge in [-0.05, 0) is 20.3 Å². The van der Waals surface area contributed by atoms with Gasteiger partial charge in [-0.3, -0.25) is 14.4 Å². The van der Waals surface area contributed by atoms with Crippen molar-refractivity contribution in [3.8, 4) is 0 Å². The Bertz CT molecular complexity index is 248. The van der Waals surface area contributed by atoms with E-state index in [-0.39, 0.29) is 29.9 Å². The minimum absolute atomic E-state index is 0.0303. The van der Waals surface area contributed by atoms with Gasteiger partial charge in [0.1, 0.15) is 11.6 Å². The van der Waals surface area contributed by atoms with Gasteiger partial charge >= 0.3 is 0 Å². The van der Waals surface area contributed by atoms with Crippen molar-refractivity contribution in [2.24, 2.45) is 0 Å². The summed E-state index contributed by atoms with van der Waals surface area (Å²) < 4.78 is 0. The Balaban J connectivity index is 3.82. The second kappa shape index (κ2) is 7.15. The summed E-state index contributed by atoms with van der Waals surface area (Å²) in [4.78, 5) is 33.1. The zero-order chi connectivity index (χ0) is 11.8. The van der Waals surface area contributed by atoms with Crippen molar-refractivity contribution in [3.05, 3.63) is 0 Å². The third kappa shape index (κ3) is 7.85. The van der Waals surface area contributed by atoms with E-state index in [9.17, 15) is 14.4 Å². The summed E-state index contributed by atoms with van der Waals surface area (Å²) in [5, 5.41) is 2.62. The second-order valence-electron chi connectivity index (χ2n) is 3.84. The Hall–Kier alpha value is -1.19. The second-order valence-corrected chi connectivity index (χ2v) is 3.84. The molecule has 0 aliphatic rings. The molecule has 0 fully saturated rings. The zero-order valence-corrected chi connectivity index (χ0v) is 9.63. The van der Waals surface area contributed by atoms with E-state index in [1.807, 2.05) is 6.92 Å². The Kier molecular flexibility index (Phi) is 6.58. The summed E-state index contributed by atoms with van der Waals surface area (Å²) >= 11 is 0. The highest BCUT2D eigenvalue weighted by Gasteiger charge is 2.12. The molecule has 4 nitrogen and oxygen atoms in total. The van der Waals surface area contributed by atoms with Crippen LogP contribution in [-0.4, -0.2) is 23.5 Å². The van der Waals surface area contributed by atoms with Gasteiger partial charge in [-0.1, -0.05) is 6.92 Å². The van der Waals surface area contributed by atoms with E-state index in [1.54, 1.807) is 6.92 Å². The fourth-order valence-corrected chi connectivity index (χ4v) is 1.35. The molecule has 0 aromatic carbocycles. The lowest BCUT2D eigenvalue weighted by Gasteiger charge is -2.11. The molecule has 1 atom stereocenters. The molecule has 0 aromatic rings. The normalized spacial score (nSPS) is 11.9. The Morgan fingerprint density at radius 1 is 1.27 bits per heavy atom.